The molecule has 0 saturated heterocycles. The highest BCUT2D eigenvalue weighted by Gasteiger charge is 2.31. The minimum absolute atomic E-state index is 0.435. The fourth-order valence-corrected chi connectivity index (χ4v) is 3.78. The largest absolute Gasteiger partial charge is 0.490 e. The first-order chi connectivity index (χ1) is 10.3. The number of nitrogens with one attached hydrogen (secondary N) is 1. The van der Waals surface area contributed by atoms with Gasteiger partial charge in [-0.2, -0.15) is 0 Å². The number of ether oxygens (including phenoxy) is 2. The van der Waals surface area contributed by atoms with Crippen molar-refractivity contribution in [2.24, 2.45) is 11.8 Å². The molecule has 0 spiro atoms. The summed E-state index contributed by atoms with van der Waals surface area (Å²) in [7, 11) is 0. The van der Waals surface area contributed by atoms with Crippen LogP contribution < -0.4 is 14.8 Å². The van der Waals surface area contributed by atoms with Gasteiger partial charge in [0.15, 0.2) is 11.5 Å². The summed E-state index contributed by atoms with van der Waals surface area (Å²) in [6, 6.07) is 6.93. The summed E-state index contributed by atoms with van der Waals surface area (Å²) in [5, 5.41) is 3.70. The summed E-state index contributed by atoms with van der Waals surface area (Å²) >= 11 is 0. The molecule has 21 heavy (non-hydrogen) atoms. The SMILES string of the molecule is CCNC(c1ccc2c(c1)OCCCO2)C1CCCC1C. The van der Waals surface area contributed by atoms with Gasteiger partial charge in [-0.25, -0.2) is 0 Å². The van der Waals surface area contributed by atoms with Gasteiger partial charge in [-0.05, 0) is 42.5 Å². The molecule has 0 bridgehead atoms. The molecule has 1 aliphatic heterocycles. The lowest BCUT2D eigenvalue weighted by Crippen LogP contribution is -2.29. The van der Waals surface area contributed by atoms with E-state index in [1.54, 1.807) is 0 Å². The molecule has 2 aliphatic rings. The lowest BCUT2D eigenvalue weighted by molar-refractivity contribution is 0.295. The van der Waals surface area contributed by atoms with Crippen LogP contribution in [0.1, 0.15) is 51.1 Å². The summed E-state index contributed by atoms with van der Waals surface area (Å²) in [5.41, 5.74) is 1.35. The van der Waals surface area contributed by atoms with Gasteiger partial charge < -0.3 is 14.8 Å². The smallest absolute Gasteiger partial charge is 0.161 e. The number of fused-ring (bicyclic) bond motifs is 1. The average Bonchev–Trinajstić information content (AvgIpc) is 2.78. The molecule has 1 aromatic rings. The van der Waals surface area contributed by atoms with E-state index in [2.05, 4.69) is 37.4 Å². The van der Waals surface area contributed by atoms with Gasteiger partial charge in [-0.15, -0.1) is 0 Å². The fraction of sp³-hybridized carbons (Fsp3) is 0.667. The van der Waals surface area contributed by atoms with Crippen molar-refractivity contribution in [1.29, 1.82) is 0 Å². The molecule has 116 valence electrons. The normalized spacial score (nSPS) is 26.4. The first-order valence-electron chi connectivity index (χ1n) is 8.42. The van der Waals surface area contributed by atoms with E-state index in [-0.39, 0.29) is 0 Å². The number of rotatable bonds is 4. The molecule has 3 atom stereocenters. The van der Waals surface area contributed by atoms with Gasteiger partial charge >= 0.3 is 0 Å². The standard InChI is InChI=1S/C18H27NO2/c1-3-19-18(15-7-4-6-13(15)2)14-8-9-16-17(12-14)21-11-5-10-20-16/h8-9,12-13,15,18-19H,3-7,10-11H2,1-2H3. The second-order valence-electron chi connectivity index (χ2n) is 6.36. The molecular formula is C18H27NO2. The molecule has 1 N–H and O–H groups in total. The van der Waals surface area contributed by atoms with E-state index in [0.717, 1.165) is 49.5 Å². The van der Waals surface area contributed by atoms with Crippen molar-refractivity contribution >= 4 is 0 Å². The van der Waals surface area contributed by atoms with Crippen LogP contribution >= 0.6 is 0 Å². The Hall–Kier alpha value is -1.22. The van der Waals surface area contributed by atoms with Gasteiger partial charge in [0, 0.05) is 12.5 Å². The predicted octanol–water partition coefficient (Wildman–Crippen LogP) is 3.93. The maximum absolute atomic E-state index is 5.85. The zero-order valence-corrected chi connectivity index (χ0v) is 13.2. The molecule has 1 saturated carbocycles. The lowest BCUT2D eigenvalue weighted by atomic mass is 9.85. The monoisotopic (exact) mass is 289 g/mol. The minimum atomic E-state index is 0.435. The van der Waals surface area contributed by atoms with Crippen molar-refractivity contribution < 1.29 is 9.47 Å². The topological polar surface area (TPSA) is 30.5 Å². The molecule has 1 heterocycles. The van der Waals surface area contributed by atoms with Crippen LogP contribution in [0.5, 0.6) is 11.5 Å². The first-order valence-corrected chi connectivity index (χ1v) is 8.42. The number of hydrogen-bond donors (Lipinski definition) is 1. The van der Waals surface area contributed by atoms with E-state index in [1.807, 2.05) is 0 Å². The maximum Gasteiger partial charge on any atom is 0.161 e. The van der Waals surface area contributed by atoms with E-state index in [1.165, 1.54) is 24.8 Å². The molecule has 0 amide bonds. The highest BCUT2D eigenvalue weighted by Crippen LogP contribution is 2.42. The molecule has 1 aromatic carbocycles. The molecule has 1 fully saturated rings. The summed E-state index contributed by atoms with van der Waals surface area (Å²) in [4.78, 5) is 0. The molecule has 0 radical (unpaired) electrons. The third-order valence-corrected chi connectivity index (χ3v) is 4.91. The van der Waals surface area contributed by atoms with Crippen LogP contribution in [-0.2, 0) is 0 Å². The lowest BCUT2D eigenvalue weighted by Gasteiger charge is -2.28. The summed E-state index contributed by atoms with van der Waals surface area (Å²) in [6.07, 6.45) is 5.00. The maximum atomic E-state index is 5.85. The highest BCUT2D eigenvalue weighted by atomic mass is 16.5. The Labute approximate surface area is 128 Å². The van der Waals surface area contributed by atoms with Gasteiger partial charge in [0.05, 0.1) is 13.2 Å². The number of benzene rings is 1. The molecule has 3 rings (SSSR count). The van der Waals surface area contributed by atoms with E-state index in [0.29, 0.717) is 6.04 Å². The van der Waals surface area contributed by atoms with Crippen molar-refractivity contribution in [2.75, 3.05) is 19.8 Å². The van der Waals surface area contributed by atoms with Gasteiger partial charge in [0.2, 0.25) is 0 Å². The Kier molecular flexibility index (Phi) is 4.69. The van der Waals surface area contributed by atoms with Crippen LogP contribution in [0.2, 0.25) is 0 Å². The number of hydrogen-bond acceptors (Lipinski definition) is 3. The van der Waals surface area contributed by atoms with Crippen molar-refractivity contribution in [3.63, 3.8) is 0 Å². The van der Waals surface area contributed by atoms with E-state index < -0.39 is 0 Å². The van der Waals surface area contributed by atoms with E-state index in [4.69, 9.17) is 9.47 Å². The van der Waals surface area contributed by atoms with Gasteiger partial charge in [0.1, 0.15) is 0 Å². The van der Waals surface area contributed by atoms with Crippen molar-refractivity contribution in [2.45, 2.75) is 45.6 Å². The second-order valence-corrected chi connectivity index (χ2v) is 6.36. The predicted molar refractivity (Wildman–Crippen MR) is 85.0 cm³/mol. The van der Waals surface area contributed by atoms with Crippen molar-refractivity contribution in [3.05, 3.63) is 23.8 Å². The Morgan fingerprint density at radius 2 is 1.95 bits per heavy atom. The van der Waals surface area contributed by atoms with Crippen LogP contribution in [0.25, 0.3) is 0 Å². The Balaban J connectivity index is 1.86. The zero-order chi connectivity index (χ0) is 14.7. The fourth-order valence-electron chi connectivity index (χ4n) is 3.78. The van der Waals surface area contributed by atoms with Crippen LogP contribution in [0, 0.1) is 11.8 Å². The highest BCUT2D eigenvalue weighted by molar-refractivity contribution is 5.44. The molecule has 3 heteroatoms. The molecule has 3 unspecified atom stereocenters. The van der Waals surface area contributed by atoms with Crippen LogP contribution in [-0.4, -0.2) is 19.8 Å². The zero-order valence-electron chi connectivity index (χ0n) is 13.2. The van der Waals surface area contributed by atoms with Crippen LogP contribution in [0.3, 0.4) is 0 Å². The summed E-state index contributed by atoms with van der Waals surface area (Å²) in [6.45, 7) is 7.09. The minimum Gasteiger partial charge on any atom is -0.490 e. The van der Waals surface area contributed by atoms with E-state index in [9.17, 15) is 0 Å². The van der Waals surface area contributed by atoms with Crippen LogP contribution in [0.15, 0.2) is 18.2 Å². The third-order valence-electron chi connectivity index (χ3n) is 4.91. The molecule has 1 aliphatic carbocycles. The molecular weight excluding hydrogens is 262 g/mol. The summed E-state index contributed by atoms with van der Waals surface area (Å²) in [5.74, 6) is 3.34. The second kappa shape index (κ2) is 6.69. The van der Waals surface area contributed by atoms with E-state index >= 15 is 0 Å². The quantitative estimate of drug-likeness (QED) is 0.911. The molecule has 0 aromatic heterocycles. The van der Waals surface area contributed by atoms with Crippen LogP contribution in [0.4, 0.5) is 0 Å². The van der Waals surface area contributed by atoms with Gasteiger partial charge in [0.25, 0.3) is 0 Å². The average molecular weight is 289 g/mol. The summed E-state index contributed by atoms with van der Waals surface area (Å²) < 4.78 is 11.6. The Morgan fingerprint density at radius 3 is 2.67 bits per heavy atom. The first kappa shape index (κ1) is 14.7. The molecule has 3 nitrogen and oxygen atoms in total. The van der Waals surface area contributed by atoms with Crippen molar-refractivity contribution in [1.82, 2.24) is 5.32 Å². The third kappa shape index (κ3) is 3.18. The Morgan fingerprint density at radius 1 is 1.14 bits per heavy atom. The Bertz CT molecular complexity index is 474. The van der Waals surface area contributed by atoms with Gasteiger partial charge in [-0.3, -0.25) is 0 Å². The van der Waals surface area contributed by atoms with Gasteiger partial charge in [-0.1, -0.05) is 32.8 Å². The van der Waals surface area contributed by atoms with Crippen molar-refractivity contribution in [3.8, 4) is 11.5 Å².